The number of pyridine rings is 1. The highest BCUT2D eigenvalue weighted by molar-refractivity contribution is 6.37. The molecule has 0 unspecified atom stereocenters. The minimum atomic E-state index is -0.847. The third-order valence-corrected chi connectivity index (χ3v) is 7.36. The van der Waals surface area contributed by atoms with Crippen LogP contribution in [0.25, 0.3) is 32.8 Å². The predicted molar refractivity (Wildman–Crippen MR) is 153 cm³/mol. The lowest BCUT2D eigenvalue weighted by molar-refractivity contribution is 0.312. The number of nitrogens with two attached hydrogens (primary N) is 1. The zero-order chi connectivity index (χ0) is 28.8. The molecular weight excluding hydrogens is 552 g/mol. The van der Waals surface area contributed by atoms with E-state index in [1.807, 2.05) is 11.0 Å². The Morgan fingerprint density at radius 2 is 2.05 bits per heavy atom. The van der Waals surface area contributed by atoms with Crippen molar-refractivity contribution in [1.29, 1.82) is 0 Å². The van der Waals surface area contributed by atoms with Crippen molar-refractivity contribution in [2.24, 2.45) is 0 Å². The summed E-state index contributed by atoms with van der Waals surface area (Å²) in [6.07, 6.45) is 7.82. The molecule has 0 saturated heterocycles. The van der Waals surface area contributed by atoms with Gasteiger partial charge in [-0.1, -0.05) is 29.7 Å². The standard InChI is InChI=1S/C30H22ClF2N5O3/c1-3-18-20(32)8-7-15-12-17(39)13-19(21(15)18)22-24(31)27-23-26(25(22)33)36-30(40-2)37-29(23)38(10-5-11-41-27)14-16-6-4-9-35-28(16)34/h1,4,6-9,12-13,39H,5,10-11,14H2,2H3,(H2,34,35). The first kappa shape index (κ1) is 26.3. The Labute approximate surface area is 238 Å². The number of methoxy groups -OCH3 is 1. The van der Waals surface area contributed by atoms with Crippen molar-refractivity contribution in [3.05, 3.63) is 70.4 Å². The molecule has 0 saturated carbocycles. The molecule has 206 valence electrons. The molecule has 0 aliphatic carbocycles. The lowest BCUT2D eigenvalue weighted by Gasteiger charge is -2.29. The summed E-state index contributed by atoms with van der Waals surface area (Å²) >= 11 is 6.93. The topological polar surface area (TPSA) is 107 Å². The highest BCUT2D eigenvalue weighted by Gasteiger charge is 2.30. The van der Waals surface area contributed by atoms with Crippen LogP contribution in [0.4, 0.5) is 20.4 Å². The van der Waals surface area contributed by atoms with Crippen LogP contribution in [0.2, 0.25) is 5.02 Å². The number of halogens is 3. The number of ether oxygens (including phenoxy) is 2. The SMILES string of the molecule is C#Cc1c(F)ccc2cc(O)cc(-c3c(Cl)c4c5c(nc(OC)nc5c3F)N(Cc3cccnc3N)CCCO4)c12. The summed E-state index contributed by atoms with van der Waals surface area (Å²) < 4.78 is 43.0. The van der Waals surface area contributed by atoms with E-state index in [0.717, 1.165) is 5.56 Å². The van der Waals surface area contributed by atoms with Crippen molar-refractivity contribution in [3.8, 4) is 41.0 Å². The number of terminal acetylenes is 1. The maximum atomic E-state index is 16.7. The Kier molecular flexibility index (Phi) is 6.59. The Balaban J connectivity index is 1.69. The van der Waals surface area contributed by atoms with Crippen molar-refractivity contribution in [2.45, 2.75) is 13.0 Å². The first-order valence-corrected chi connectivity index (χ1v) is 13.0. The summed E-state index contributed by atoms with van der Waals surface area (Å²) in [5.41, 5.74) is 6.55. The van der Waals surface area contributed by atoms with Crippen LogP contribution in [0.1, 0.15) is 17.5 Å². The van der Waals surface area contributed by atoms with Gasteiger partial charge in [0.2, 0.25) is 0 Å². The minimum Gasteiger partial charge on any atom is -0.508 e. The Morgan fingerprint density at radius 3 is 2.80 bits per heavy atom. The number of benzene rings is 3. The molecule has 0 amide bonds. The van der Waals surface area contributed by atoms with E-state index in [1.54, 1.807) is 12.3 Å². The fourth-order valence-corrected chi connectivity index (χ4v) is 5.50. The molecule has 0 spiro atoms. The second kappa shape index (κ2) is 10.3. The number of rotatable bonds is 4. The lowest BCUT2D eigenvalue weighted by atomic mass is 9.92. The molecule has 0 bridgehead atoms. The molecule has 1 aliphatic heterocycles. The number of fused-ring (bicyclic) bond motifs is 1. The summed E-state index contributed by atoms with van der Waals surface area (Å²) in [5, 5.41) is 11.3. The van der Waals surface area contributed by atoms with E-state index in [9.17, 15) is 9.50 Å². The van der Waals surface area contributed by atoms with Crippen molar-refractivity contribution in [3.63, 3.8) is 0 Å². The van der Waals surface area contributed by atoms with Crippen molar-refractivity contribution >= 4 is 44.9 Å². The molecule has 2 aromatic heterocycles. The average molecular weight is 574 g/mol. The van der Waals surface area contributed by atoms with Gasteiger partial charge in [0.05, 0.1) is 29.7 Å². The lowest BCUT2D eigenvalue weighted by Crippen LogP contribution is -2.29. The number of phenols is 1. The fraction of sp³-hybridized carbons (Fsp3) is 0.167. The van der Waals surface area contributed by atoms with Crippen LogP contribution in [0, 0.1) is 24.0 Å². The highest BCUT2D eigenvalue weighted by atomic mass is 35.5. The summed E-state index contributed by atoms with van der Waals surface area (Å²) in [7, 11) is 1.37. The zero-order valence-corrected chi connectivity index (χ0v) is 22.5. The van der Waals surface area contributed by atoms with Gasteiger partial charge in [-0.25, -0.2) is 13.8 Å². The van der Waals surface area contributed by atoms with Gasteiger partial charge in [-0.15, -0.1) is 6.42 Å². The Hall–Kier alpha value is -4.88. The van der Waals surface area contributed by atoms with Gasteiger partial charge in [0.1, 0.15) is 28.7 Å². The van der Waals surface area contributed by atoms with Gasteiger partial charge < -0.3 is 25.2 Å². The highest BCUT2D eigenvalue weighted by Crippen LogP contribution is 2.49. The molecule has 3 heterocycles. The van der Waals surface area contributed by atoms with E-state index in [4.69, 9.17) is 33.2 Å². The van der Waals surface area contributed by atoms with Gasteiger partial charge in [-0.05, 0) is 41.6 Å². The molecule has 1 aliphatic rings. The summed E-state index contributed by atoms with van der Waals surface area (Å²) in [5.74, 6) is 1.45. The molecule has 5 aromatic rings. The summed E-state index contributed by atoms with van der Waals surface area (Å²) in [6.45, 7) is 1.05. The molecule has 0 atom stereocenters. The molecular formula is C30H22ClF2N5O3. The average Bonchev–Trinajstić information content (AvgIpc) is 2.95. The fourth-order valence-electron chi connectivity index (χ4n) is 5.17. The van der Waals surface area contributed by atoms with Gasteiger partial charge in [0, 0.05) is 35.8 Å². The largest absolute Gasteiger partial charge is 0.508 e. The number of nitrogen functional groups attached to an aromatic ring is 1. The maximum absolute atomic E-state index is 16.7. The van der Waals surface area contributed by atoms with Crippen LogP contribution in [0.3, 0.4) is 0 Å². The molecule has 0 fully saturated rings. The first-order valence-electron chi connectivity index (χ1n) is 12.6. The molecule has 8 nitrogen and oxygen atoms in total. The van der Waals surface area contributed by atoms with Crippen LogP contribution in [-0.4, -0.2) is 40.3 Å². The third kappa shape index (κ3) is 4.35. The van der Waals surface area contributed by atoms with Crippen LogP contribution in [-0.2, 0) is 6.54 Å². The second-order valence-electron chi connectivity index (χ2n) is 9.42. The predicted octanol–water partition coefficient (Wildman–Crippen LogP) is 5.84. The second-order valence-corrected chi connectivity index (χ2v) is 9.80. The number of hydrogen-bond donors (Lipinski definition) is 2. The van der Waals surface area contributed by atoms with E-state index >= 15 is 4.39 Å². The third-order valence-electron chi connectivity index (χ3n) is 7.00. The molecule has 11 heteroatoms. The van der Waals surface area contributed by atoms with Crippen LogP contribution in [0.5, 0.6) is 17.5 Å². The number of aromatic nitrogens is 3. The molecule has 6 rings (SSSR count). The minimum absolute atomic E-state index is 0.0814. The normalized spacial score (nSPS) is 13.0. The molecule has 41 heavy (non-hydrogen) atoms. The first-order chi connectivity index (χ1) is 19.8. The molecule has 3 aromatic carbocycles. The van der Waals surface area contributed by atoms with Gasteiger partial charge in [0.15, 0.2) is 11.6 Å². The van der Waals surface area contributed by atoms with E-state index in [1.165, 1.54) is 31.4 Å². The van der Waals surface area contributed by atoms with Gasteiger partial charge >= 0.3 is 6.01 Å². The maximum Gasteiger partial charge on any atom is 0.318 e. The summed E-state index contributed by atoms with van der Waals surface area (Å²) in [4.78, 5) is 15.0. The smallest absolute Gasteiger partial charge is 0.318 e. The number of aromatic hydroxyl groups is 1. The quantitative estimate of drug-likeness (QED) is 0.258. The van der Waals surface area contributed by atoms with Crippen LogP contribution >= 0.6 is 11.6 Å². The van der Waals surface area contributed by atoms with E-state index in [2.05, 4.69) is 20.9 Å². The number of anilines is 2. The number of phenolic OH excluding ortho intramolecular Hbond substituents is 1. The van der Waals surface area contributed by atoms with Gasteiger partial charge in [-0.2, -0.15) is 9.97 Å². The monoisotopic (exact) mass is 573 g/mol. The van der Waals surface area contributed by atoms with E-state index < -0.39 is 11.6 Å². The zero-order valence-electron chi connectivity index (χ0n) is 21.7. The van der Waals surface area contributed by atoms with Crippen LogP contribution in [0.15, 0.2) is 42.6 Å². The number of hydrogen-bond acceptors (Lipinski definition) is 8. The summed E-state index contributed by atoms with van der Waals surface area (Å²) in [6, 6.07) is 8.86. The Morgan fingerprint density at radius 1 is 1.22 bits per heavy atom. The van der Waals surface area contributed by atoms with Crippen molar-refractivity contribution in [1.82, 2.24) is 15.0 Å². The van der Waals surface area contributed by atoms with Crippen molar-refractivity contribution < 1.29 is 23.4 Å². The van der Waals surface area contributed by atoms with Gasteiger partial charge in [-0.3, -0.25) is 0 Å². The Bertz CT molecular complexity index is 1910. The molecule has 3 N–H and O–H groups in total. The molecule has 0 radical (unpaired) electrons. The van der Waals surface area contributed by atoms with Gasteiger partial charge in [0.25, 0.3) is 0 Å². The van der Waals surface area contributed by atoms with Crippen molar-refractivity contribution in [2.75, 3.05) is 30.9 Å². The van der Waals surface area contributed by atoms with E-state index in [0.29, 0.717) is 36.5 Å². The van der Waals surface area contributed by atoms with Crippen LogP contribution < -0.4 is 20.1 Å². The van der Waals surface area contributed by atoms with E-state index in [-0.39, 0.29) is 62.1 Å². The number of nitrogens with zero attached hydrogens (tertiary/aromatic N) is 4.